The molecular weight excluding hydrogens is 222 g/mol. The maximum absolute atomic E-state index is 12.3. The summed E-state index contributed by atoms with van der Waals surface area (Å²) in [5, 5.41) is 0. The van der Waals surface area contributed by atoms with Crippen molar-refractivity contribution >= 4 is 5.91 Å². The highest BCUT2D eigenvalue weighted by molar-refractivity contribution is 5.76. The Bertz CT molecular complexity index is 264. The van der Waals surface area contributed by atoms with Gasteiger partial charge < -0.3 is 4.90 Å². The predicted octanol–water partition coefficient (Wildman–Crippen LogP) is 3.99. The van der Waals surface area contributed by atoms with Crippen LogP contribution in [0.2, 0.25) is 0 Å². The molecular formula is C16H29NO. The molecule has 2 rings (SSSR count). The fourth-order valence-electron chi connectivity index (χ4n) is 3.18. The summed E-state index contributed by atoms with van der Waals surface area (Å²) >= 11 is 0. The standard InChI is InChI=1S/C16H29NO/c1-13(2)12-17(15-9-10-15)16(18)11-8-14-6-4-3-5-7-14/h13-15H,3-12H2,1-2H3. The molecule has 0 N–H and O–H groups in total. The molecule has 0 aliphatic heterocycles. The first kappa shape index (κ1) is 13.9. The molecule has 0 unspecified atom stereocenters. The van der Waals surface area contributed by atoms with Crippen LogP contribution in [-0.4, -0.2) is 23.4 Å². The minimum absolute atomic E-state index is 0.428. The summed E-state index contributed by atoms with van der Waals surface area (Å²) in [5.74, 6) is 1.86. The van der Waals surface area contributed by atoms with Crippen LogP contribution in [0.3, 0.4) is 0 Å². The molecule has 2 heteroatoms. The van der Waals surface area contributed by atoms with Crippen molar-refractivity contribution in [2.24, 2.45) is 11.8 Å². The van der Waals surface area contributed by atoms with E-state index in [1.807, 2.05) is 0 Å². The first-order chi connectivity index (χ1) is 8.66. The van der Waals surface area contributed by atoms with E-state index >= 15 is 0 Å². The minimum atomic E-state index is 0.428. The third-order valence-electron chi connectivity index (χ3n) is 4.36. The lowest BCUT2D eigenvalue weighted by Gasteiger charge is -2.26. The normalized spacial score (nSPS) is 21.3. The second kappa shape index (κ2) is 6.58. The minimum Gasteiger partial charge on any atom is -0.339 e. The maximum atomic E-state index is 12.3. The zero-order valence-corrected chi connectivity index (χ0v) is 12.2. The van der Waals surface area contributed by atoms with Gasteiger partial charge in [-0.05, 0) is 31.1 Å². The van der Waals surface area contributed by atoms with Crippen molar-refractivity contribution in [1.29, 1.82) is 0 Å². The average Bonchev–Trinajstić information content (AvgIpc) is 3.18. The lowest BCUT2D eigenvalue weighted by molar-refractivity contribution is -0.132. The van der Waals surface area contributed by atoms with Gasteiger partial charge >= 0.3 is 0 Å². The van der Waals surface area contributed by atoms with Gasteiger partial charge in [0.1, 0.15) is 0 Å². The predicted molar refractivity (Wildman–Crippen MR) is 75.4 cm³/mol. The molecule has 0 atom stereocenters. The zero-order chi connectivity index (χ0) is 13.0. The molecule has 0 aromatic heterocycles. The van der Waals surface area contributed by atoms with Crippen LogP contribution in [0.5, 0.6) is 0 Å². The Hall–Kier alpha value is -0.530. The quantitative estimate of drug-likeness (QED) is 0.699. The number of rotatable bonds is 6. The SMILES string of the molecule is CC(C)CN(C(=O)CCC1CCCCC1)C1CC1. The van der Waals surface area contributed by atoms with Crippen molar-refractivity contribution in [3.63, 3.8) is 0 Å². The van der Waals surface area contributed by atoms with Gasteiger partial charge in [-0.25, -0.2) is 0 Å². The topological polar surface area (TPSA) is 20.3 Å². The van der Waals surface area contributed by atoms with Crippen LogP contribution in [0.1, 0.15) is 71.6 Å². The van der Waals surface area contributed by atoms with Crippen LogP contribution in [0.25, 0.3) is 0 Å². The number of amides is 1. The van der Waals surface area contributed by atoms with E-state index in [4.69, 9.17) is 0 Å². The lowest BCUT2D eigenvalue weighted by atomic mass is 9.86. The molecule has 0 saturated heterocycles. The monoisotopic (exact) mass is 251 g/mol. The molecule has 0 bridgehead atoms. The third-order valence-corrected chi connectivity index (χ3v) is 4.36. The summed E-state index contributed by atoms with van der Waals surface area (Å²) in [6.07, 6.45) is 11.3. The van der Waals surface area contributed by atoms with Crippen molar-refractivity contribution in [2.75, 3.05) is 6.54 Å². The van der Waals surface area contributed by atoms with Gasteiger partial charge in [0.05, 0.1) is 0 Å². The van der Waals surface area contributed by atoms with Crippen LogP contribution in [0.15, 0.2) is 0 Å². The summed E-state index contributed by atoms with van der Waals surface area (Å²) in [6, 6.07) is 0.589. The van der Waals surface area contributed by atoms with E-state index in [-0.39, 0.29) is 0 Å². The highest BCUT2D eigenvalue weighted by Gasteiger charge is 2.32. The molecule has 18 heavy (non-hydrogen) atoms. The van der Waals surface area contributed by atoms with E-state index in [0.29, 0.717) is 17.9 Å². The van der Waals surface area contributed by atoms with Gasteiger partial charge in [0.2, 0.25) is 5.91 Å². The van der Waals surface area contributed by atoms with Gasteiger partial charge in [-0.1, -0.05) is 46.0 Å². The smallest absolute Gasteiger partial charge is 0.222 e. The fourth-order valence-corrected chi connectivity index (χ4v) is 3.18. The second-order valence-electron chi connectivity index (χ2n) is 6.71. The molecule has 104 valence electrons. The Morgan fingerprint density at radius 1 is 1.11 bits per heavy atom. The fraction of sp³-hybridized carbons (Fsp3) is 0.938. The van der Waals surface area contributed by atoms with E-state index < -0.39 is 0 Å². The molecule has 0 radical (unpaired) electrons. The summed E-state index contributed by atoms with van der Waals surface area (Å²) in [7, 11) is 0. The molecule has 0 aromatic rings. The van der Waals surface area contributed by atoms with Crippen molar-refractivity contribution in [3.8, 4) is 0 Å². The molecule has 2 nitrogen and oxygen atoms in total. The van der Waals surface area contributed by atoms with E-state index in [1.54, 1.807) is 0 Å². The number of hydrogen-bond acceptors (Lipinski definition) is 1. The van der Waals surface area contributed by atoms with Crippen molar-refractivity contribution < 1.29 is 4.79 Å². The van der Waals surface area contributed by atoms with Gasteiger partial charge in [-0.15, -0.1) is 0 Å². The lowest BCUT2D eigenvalue weighted by Crippen LogP contribution is -2.36. The Kier molecular flexibility index (Phi) is 5.08. The van der Waals surface area contributed by atoms with E-state index in [9.17, 15) is 4.79 Å². The van der Waals surface area contributed by atoms with Crippen LogP contribution in [0.4, 0.5) is 0 Å². The first-order valence-electron chi connectivity index (χ1n) is 7.96. The van der Waals surface area contributed by atoms with Gasteiger partial charge in [0.15, 0.2) is 0 Å². The third kappa shape index (κ3) is 4.29. The Morgan fingerprint density at radius 2 is 1.78 bits per heavy atom. The van der Waals surface area contributed by atoms with Crippen molar-refractivity contribution in [3.05, 3.63) is 0 Å². The summed E-state index contributed by atoms with van der Waals surface area (Å²) in [6.45, 7) is 5.39. The molecule has 2 saturated carbocycles. The maximum Gasteiger partial charge on any atom is 0.222 e. The molecule has 0 heterocycles. The number of carbonyl (C=O) groups excluding carboxylic acids is 1. The van der Waals surface area contributed by atoms with Gasteiger partial charge in [-0.3, -0.25) is 4.79 Å². The van der Waals surface area contributed by atoms with Gasteiger partial charge in [-0.2, -0.15) is 0 Å². The number of nitrogens with zero attached hydrogens (tertiary/aromatic N) is 1. The van der Waals surface area contributed by atoms with Crippen LogP contribution < -0.4 is 0 Å². The zero-order valence-electron chi connectivity index (χ0n) is 12.2. The van der Waals surface area contributed by atoms with Crippen LogP contribution >= 0.6 is 0 Å². The first-order valence-corrected chi connectivity index (χ1v) is 7.96. The van der Waals surface area contributed by atoms with E-state index in [1.165, 1.54) is 44.9 Å². The number of carbonyl (C=O) groups is 1. The second-order valence-corrected chi connectivity index (χ2v) is 6.71. The summed E-state index contributed by atoms with van der Waals surface area (Å²) in [5.41, 5.74) is 0. The van der Waals surface area contributed by atoms with Crippen molar-refractivity contribution in [1.82, 2.24) is 4.90 Å². The highest BCUT2D eigenvalue weighted by atomic mass is 16.2. The van der Waals surface area contributed by atoms with Crippen LogP contribution in [0, 0.1) is 11.8 Å². The average molecular weight is 251 g/mol. The van der Waals surface area contributed by atoms with Gasteiger partial charge in [0.25, 0.3) is 0 Å². The van der Waals surface area contributed by atoms with Crippen molar-refractivity contribution in [2.45, 2.75) is 77.7 Å². The Morgan fingerprint density at radius 3 is 2.33 bits per heavy atom. The Labute approximate surface area is 112 Å². The molecule has 0 spiro atoms. The molecule has 0 aromatic carbocycles. The molecule has 2 aliphatic carbocycles. The van der Waals surface area contributed by atoms with Gasteiger partial charge in [0, 0.05) is 19.0 Å². The van der Waals surface area contributed by atoms with Crippen LogP contribution in [-0.2, 0) is 4.79 Å². The largest absolute Gasteiger partial charge is 0.339 e. The molecule has 2 fully saturated rings. The molecule has 1 amide bonds. The Balaban J connectivity index is 1.74. The summed E-state index contributed by atoms with van der Waals surface area (Å²) in [4.78, 5) is 14.5. The van der Waals surface area contributed by atoms with E-state index in [0.717, 1.165) is 25.3 Å². The highest BCUT2D eigenvalue weighted by Crippen LogP contribution is 2.30. The summed E-state index contributed by atoms with van der Waals surface area (Å²) < 4.78 is 0. The molecule has 2 aliphatic rings. The number of hydrogen-bond donors (Lipinski definition) is 0. The van der Waals surface area contributed by atoms with E-state index in [2.05, 4.69) is 18.7 Å².